The van der Waals surface area contributed by atoms with E-state index < -0.39 is 15.6 Å². The quantitative estimate of drug-likeness (QED) is 0.587. The molecule has 0 amide bonds. The molecule has 7 heteroatoms. The zero-order valence-corrected chi connectivity index (χ0v) is 13.2. The molecule has 1 aliphatic carbocycles. The molecule has 1 saturated heterocycles. The van der Waals surface area contributed by atoms with Gasteiger partial charge in [-0.05, 0) is 26.7 Å². The van der Waals surface area contributed by atoms with Crippen LogP contribution in [0.5, 0.6) is 0 Å². The minimum atomic E-state index is -3.13. The van der Waals surface area contributed by atoms with Crippen LogP contribution >= 0.6 is 0 Å². The molecule has 0 atom stereocenters. The van der Waals surface area contributed by atoms with Crippen LogP contribution in [0.2, 0.25) is 0 Å². The third-order valence-corrected chi connectivity index (χ3v) is 7.17. The molecule has 6 nitrogen and oxygen atoms in total. The van der Waals surface area contributed by atoms with E-state index in [1.807, 2.05) is 13.8 Å². The maximum atomic E-state index is 12.5. The molecule has 0 bridgehead atoms. The number of nitrogens with one attached hydrogen (secondary N) is 1. The van der Waals surface area contributed by atoms with Gasteiger partial charge in [0.25, 0.3) is 0 Å². The fraction of sp³-hybridized carbons (Fsp3) is 0.923. The van der Waals surface area contributed by atoms with Crippen molar-refractivity contribution in [2.75, 3.05) is 26.2 Å². The van der Waals surface area contributed by atoms with Crippen molar-refractivity contribution in [2.45, 2.75) is 50.3 Å². The molecular weight excluding hydrogens is 276 g/mol. The first-order valence-corrected chi connectivity index (χ1v) is 8.85. The topological polar surface area (TPSA) is 90.5 Å². The summed E-state index contributed by atoms with van der Waals surface area (Å²) in [6.45, 7) is 6.12. The fourth-order valence-corrected chi connectivity index (χ4v) is 5.09. The Labute approximate surface area is 121 Å². The Morgan fingerprint density at radius 1 is 1.15 bits per heavy atom. The number of piperazine rings is 1. The Kier molecular flexibility index (Phi) is 4.41. The summed E-state index contributed by atoms with van der Waals surface area (Å²) in [6.07, 6.45) is 3.67. The molecule has 2 aliphatic rings. The molecule has 116 valence electrons. The Hall–Kier alpha value is -0.660. The number of hydrogen-bond acceptors (Lipinski definition) is 4. The minimum absolute atomic E-state index is 0.129. The van der Waals surface area contributed by atoms with E-state index in [1.165, 1.54) is 0 Å². The third kappa shape index (κ3) is 2.84. The van der Waals surface area contributed by atoms with Crippen LogP contribution in [0, 0.1) is 5.41 Å². The van der Waals surface area contributed by atoms with Gasteiger partial charge in [0.05, 0.1) is 10.8 Å². The summed E-state index contributed by atoms with van der Waals surface area (Å²) >= 11 is 0. The highest BCUT2D eigenvalue weighted by Gasteiger charge is 2.39. The number of hydrogen-bond donors (Lipinski definition) is 2. The zero-order valence-electron chi connectivity index (χ0n) is 12.4. The largest absolute Gasteiger partial charge is 0.386 e. The van der Waals surface area contributed by atoms with Crippen LogP contribution in [0.3, 0.4) is 0 Å². The highest BCUT2D eigenvalue weighted by atomic mass is 32.2. The summed E-state index contributed by atoms with van der Waals surface area (Å²) in [5.74, 6) is 0.129. The number of nitrogens with two attached hydrogens (primary N) is 1. The molecule has 0 aromatic carbocycles. The average molecular weight is 302 g/mol. The van der Waals surface area contributed by atoms with Crippen LogP contribution in [-0.2, 0) is 10.0 Å². The fourth-order valence-electron chi connectivity index (χ4n) is 3.07. The van der Waals surface area contributed by atoms with E-state index in [9.17, 15) is 8.42 Å². The van der Waals surface area contributed by atoms with Gasteiger partial charge in [-0.1, -0.05) is 12.8 Å². The molecule has 0 aromatic heterocycles. The molecule has 2 fully saturated rings. The lowest BCUT2D eigenvalue weighted by Crippen LogP contribution is -2.60. The predicted molar refractivity (Wildman–Crippen MR) is 80.3 cm³/mol. The smallest absolute Gasteiger partial charge is 0.217 e. The highest BCUT2D eigenvalue weighted by Crippen LogP contribution is 2.28. The first-order chi connectivity index (χ1) is 9.26. The molecule has 20 heavy (non-hydrogen) atoms. The van der Waals surface area contributed by atoms with Crippen LogP contribution in [0.1, 0.15) is 39.5 Å². The highest BCUT2D eigenvalue weighted by molar-refractivity contribution is 7.89. The van der Waals surface area contributed by atoms with E-state index in [-0.39, 0.29) is 11.1 Å². The lowest BCUT2D eigenvalue weighted by molar-refractivity contribution is 0.121. The van der Waals surface area contributed by atoms with Gasteiger partial charge in [-0.3, -0.25) is 10.3 Å². The van der Waals surface area contributed by atoms with Crippen molar-refractivity contribution in [3.8, 4) is 0 Å². The summed E-state index contributed by atoms with van der Waals surface area (Å²) in [5, 5.41) is 7.48. The summed E-state index contributed by atoms with van der Waals surface area (Å²) in [6, 6.07) is 0. The number of nitrogens with zero attached hydrogens (tertiary/aromatic N) is 2. The van der Waals surface area contributed by atoms with Crippen molar-refractivity contribution in [1.29, 1.82) is 5.41 Å². The second-order valence-corrected chi connectivity index (χ2v) is 8.52. The van der Waals surface area contributed by atoms with Gasteiger partial charge >= 0.3 is 0 Å². The summed E-state index contributed by atoms with van der Waals surface area (Å²) in [5.41, 5.74) is 5.13. The number of amidine groups is 1. The second kappa shape index (κ2) is 5.61. The molecule has 0 unspecified atom stereocenters. The van der Waals surface area contributed by atoms with Crippen molar-refractivity contribution in [3.05, 3.63) is 0 Å². The van der Waals surface area contributed by atoms with Crippen molar-refractivity contribution < 1.29 is 8.42 Å². The standard InChI is InChI=1S/C13H26N4O2S/c1-13(2,12(14)15)16-7-9-17(10-8-16)20(18,19)11-5-3-4-6-11/h11H,3-10H2,1-2H3,(H3,14,15). The average Bonchev–Trinajstić information content (AvgIpc) is 2.93. The van der Waals surface area contributed by atoms with Crippen LogP contribution in [0.25, 0.3) is 0 Å². The molecular formula is C13H26N4O2S. The first-order valence-electron chi connectivity index (χ1n) is 7.35. The van der Waals surface area contributed by atoms with Crippen LogP contribution in [-0.4, -0.2) is 60.4 Å². The summed E-state index contributed by atoms with van der Waals surface area (Å²) in [4.78, 5) is 2.09. The van der Waals surface area contributed by atoms with E-state index in [2.05, 4.69) is 4.90 Å². The Morgan fingerprint density at radius 3 is 2.10 bits per heavy atom. The molecule has 1 aliphatic heterocycles. The third-order valence-electron chi connectivity index (χ3n) is 4.77. The Morgan fingerprint density at radius 2 is 1.65 bits per heavy atom. The van der Waals surface area contributed by atoms with Gasteiger partial charge in [0.2, 0.25) is 10.0 Å². The maximum Gasteiger partial charge on any atom is 0.217 e. The summed E-state index contributed by atoms with van der Waals surface area (Å²) in [7, 11) is -3.13. The van der Waals surface area contributed by atoms with Crippen LogP contribution in [0.4, 0.5) is 0 Å². The molecule has 2 rings (SSSR count). The number of sulfonamides is 1. The van der Waals surface area contributed by atoms with Gasteiger partial charge in [-0.2, -0.15) is 4.31 Å². The van der Waals surface area contributed by atoms with Gasteiger partial charge in [-0.25, -0.2) is 8.42 Å². The lowest BCUT2D eigenvalue weighted by atomic mass is 10.0. The zero-order chi connectivity index (χ0) is 15.0. The first kappa shape index (κ1) is 15.7. The van der Waals surface area contributed by atoms with E-state index >= 15 is 0 Å². The van der Waals surface area contributed by atoms with Crippen molar-refractivity contribution >= 4 is 15.9 Å². The van der Waals surface area contributed by atoms with E-state index in [0.717, 1.165) is 25.7 Å². The molecule has 0 radical (unpaired) electrons. The molecule has 3 N–H and O–H groups in total. The van der Waals surface area contributed by atoms with Crippen LogP contribution < -0.4 is 5.73 Å². The molecule has 0 aromatic rings. The lowest BCUT2D eigenvalue weighted by Gasteiger charge is -2.43. The van der Waals surface area contributed by atoms with Gasteiger partial charge in [0.15, 0.2) is 0 Å². The van der Waals surface area contributed by atoms with Gasteiger partial charge in [0.1, 0.15) is 5.84 Å². The van der Waals surface area contributed by atoms with Gasteiger partial charge in [0, 0.05) is 26.2 Å². The van der Waals surface area contributed by atoms with Crippen molar-refractivity contribution in [2.24, 2.45) is 5.73 Å². The van der Waals surface area contributed by atoms with Crippen molar-refractivity contribution in [3.63, 3.8) is 0 Å². The van der Waals surface area contributed by atoms with Crippen molar-refractivity contribution in [1.82, 2.24) is 9.21 Å². The van der Waals surface area contributed by atoms with E-state index in [4.69, 9.17) is 11.1 Å². The SMILES string of the molecule is CC(C)(C(=N)N)N1CCN(S(=O)(=O)C2CCCC2)CC1. The van der Waals surface area contributed by atoms with Gasteiger partial charge in [-0.15, -0.1) is 0 Å². The predicted octanol–water partition coefficient (Wildman–Crippen LogP) is 0.591. The minimum Gasteiger partial charge on any atom is -0.386 e. The van der Waals surface area contributed by atoms with E-state index in [1.54, 1.807) is 4.31 Å². The Balaban J connectivity index is 1.99. The molecule has 0 spiro atoms. The Bertz CT molecular complexity index is 461. The maximum absolute atomic E-state index is 12.5. The number of rotatable bonds is 4. The monoisotopic (exact) mass is 302 g/mol. The van der Waals surface area contributed by atoms with Gasteiger partial charge < -0.3 is 5.73 Å². The van der Waals surface area contributed by atoms with Crippen LogP contribution in [0.15, 0.2) is 0 Å². The normalized spacial score (nSPS) is 24.1. The van der Waals surface area contributed by atoms with E-state index in [0.29, 0.717) is 26.2 Å². The second-order valence-electron chi connectivity index (χ2n) is 6.31. The molecule has 1 saturated carbocycles. The summed E-state index contributed by atoms with van der Waals surface area (Å²) < 4.78 is 26.7. The molecule has 1 heterocycles.